The lowest BCUT2D eigenvalue weighted by Gasteiger charge is -2.12. The zero-order valence-electron chi connectivity index (χ0n) is 9.81. The Morgan fingerprint density at radius 1 is 1.00 bits per heavy atom. The molecule has 0 aromatic heterocycles. The van der Waals surface area contributed by atoms with Gasteiger partial charge < -0.3 is 5.11 Å². The normalized spacial score (nSPS) is 12.4. The maximum atomic E-state index is 13.4. The van der Waals surface area contributed by atoms with Gasteiger partial charge in [0.25, 0.3) is 0 Å². The van der Waals surface area contributed by atoms with Gasteiger partial charge in [-0.2, -0.15) is 0 Å². The van der Waals surface area contributed by atoms with Gasteiger partial charge in [0.15, 0.2) is 0 Å². The molecule has 0 saturated carbocycles. The molecule has 3 heteroatoms. The van der Waals surface area contributed by atoms with Crippen LogP contribution in [0.3, 0.4) is 0 Å². The van der Waals surface area contributed by atoms with Gasteiger partial charge in [-0.25, -0.2) is 8.78 Å². The first-order valence-electron chi connectivity index (χ1n) is 5.84. The molecule has 2 aromatic carbocycles. The number of aryl methyl sites for hydroxylation is 1. The Morgan fingerprint density at radius 2 is 1.72 bits per heavy atom. The molecule has 0 aliphatic carbocycles. The van der Waals surface area contributed by atoms with E-state index in [1.54, 1.807) is 0 Å². The minimum Gasteiger partial charge on any atom is -0.388 e. The average molecular weight is 248 g/mol. The van der Waals surface area contributed by atoms with Crippen LogP contribution >= 0.6 is 0 Å². The zero-order valence-corrected chi connectivity index (χ0v) is 9.81. The molecule has 0 saturated heterocycles. The van der Waals surface area contributed by atoms with Crippen molar-refractivity contribution in [2.75, 3.05) is 0 Å². The molecule has 0 amide bonds. The first-order chi connectivity index (χ1) is 8.66. The molecule has 1 unspecified atom stereocenters. The molecule has 1 N–H and O–H groups in total. The Kier molecular flexibility index (Phi) is 4.05. The van der Waals surface area contributed by atoms with Crippen molar-refractivity contribution in [1.29, 1.82) is 0 Å². The summed E-state index contributed by atoms with van der Waals surface area (Å²) in [4.78, 5) is 0. The third kappa shape index (κ3) is 3.14. The molecule has 2 rings (SSSR count). The van der Waals surface area contributed by atoms with Gasteiger partial charge in [0.1, 0.15) is 11.6 Å². The monoisotopic (exact) mass is 248 g/mol. The number of halogens is 2. The summed E-state index contributed by atoms with van der Waals surface area (Å²) in [6.07, 6.45) is 0.150. The second kappa shape index (κ2) is 5.74. The summed E-state index contributed by atoms with van der Waals surface area (Å²) in [5, 5.41) is 9.89. The lowest BCUT2D eigenvalue weighted by Crippen LogP contribution is -2.03. The van der Waals surface area contributed by atoms with Crippen LogP contribution in [-0.2, 0) is 6.42 Å². The Morgan fingerprint density at radius 3 is 2.39 bits per heavy atom. The molecule has 0 bridgehead atoms. The number of hydrogen-bond acceptors (Lipinski definition) is 1. The van der Waals surface area contributed by atoms with E-state index in [9.17, 15) is 13.9 Å². The fraction of sp³-hybridized carbons (Fsp3) is 0.200. The predicted molar refractivity (Wildman–Crippen MR) is 66.1 cm³/mol. The van der Waals surface area contributed by atoms with Gasteiger partial charge in [-0.05, 0) is 24.5 Å². The number of benzene rings is 2. The summed E-state index contributed by atoms with van der Waals surface area (Å²) in [6, 6.07) is 12.9. The first-order valence-corrected chi connectivity index (χ1v) is 5.84. The van der Waals surface area contributed by atoms with Gasteiger partial charge in [-0.3, -0.25) is 0 Å². The van der Waals surface area contributed by atoms with Gasteiger partial charge in [0, 0.05) is 11.6 Å². The molecule has 2 aromatic rings. The number of aliphatic hydroxyl groups excluding tert-OH is 1. The third-order valence-electron chi connectivity index (χ3n) is 2.87. The van der Waals surface area contributed by atoms with Crippen LogP contribution in [0, 0.1) is 11.6 Å². The fourth-order valence-corrected chi connectivity index (χ4v) is 1.88. The van der Waals surface area contributed by atoms with E-state index in [2.05, 4.69) is 0 Å². The topological polar surface area (TPSA) is 20.2 Å². The molecule has 0 aliphatic heterocycles. The van der Waals surface area contributed by atoms with Crippen LogP contribution in [0.1, 0.15) is 23.7 Å². The van der Waals surface area contributed by atoms with E-state index >= 15 is 0 Å². The molecule has 1 nitrogen and oxygen atoms in total. The SMILES string of the molecule is OC(CCc1ccccc1)c1ccc(F)cc1F. The lowest BCUT2D eigenvalue weighted by atomic mass is 10.0. The van der Waals surface area contributed by atoms with Gasteiger partial charge >= 0.3 is 0 Å². The van der Waals surface area contributed by atoms with E-state index in [1.165, 1.54) is 6.07 Å². The number of aliphatic hydroxyl groups is 1. The maximum Gasteiger partial charge on any atom is 0.131 e. The molecule has 0 fully saturated rings. The van der Waals surface area contributed by atoms with Crippen LogP contribution in [0.5, 0.6) is 0 Å². The van der Waals surface area contributed by atoms with Crippen LogP contribution in [0.4, 0.5) is 8.78 Å². The average Bonchev–Trinajstić information content (AvgIpc) is 2.37. The smallest absolute Gasteiger partial charge is 0.131 e. The van der Waals surface area contributed by atoms with Gasteiger partial charge in [-0.1, -0.05) is 36.4 Å². The fourth-order valence-electron chi connectivity index (χ4n) is 1.88. The van der Waals surface area contributed by atoms with Crippen molar-refractivity contribution in [2.24, 2.45) is 0 Å². The van der Waals surface area contributed by atoms with E-state index in [4.69, 9.17) is 0 Å². The van der Waals surface area contributed by atoms with Crippen LogP contribution in [0.2, 0.25) is 0 Å². The van der Waals surface area contributed by atoms with Crippen molar-refractivity contribution in [1.82, 2.24) is 0 Å². The molecule has 0 spiro atoms. The Balaban J connectivity index is 2.01. The van der Waals surface area contributed by atoms with Crippen LogP contribution in [0.25, 0.3) is 0 Å². The highest BCUT2D eigenvalue weighted by Gasteiger charge is 2.13. The minimum atomic E-state index is -0.911. The molecule has 94 valence electrons. The second-order valence-electron chi connectivity index (χ2n) is 4.21. The predicted octanol–water partition coefficient (Wildman–Crippen LogP) is 3.63. The van der Waals surface area contributed by atoms with Crippen molar-refractivity contribution in [2.45, 2.75) is 18.9 Å². The largest absolute Gasteiger partial charge is 0.388 e. The summed E-state index contributed by atoms with van der Waals surface area (Å²) >= 11 is 0. The van der Waals surface area contributed by atoms with Crippen molar-refractivity contribution in [3.63, 3.8) is 0 Å². The third-order valence-corrected chi connectivity index (χ3v) is 2.87. The molecule has 0 aliphatic rings. The number of rotatable bonds is 4. The van der Waals surface area contributed by atoms with Crippen LogP contribution < -0.4 is 0 Å². The summed E-state index contributed by atoms with van der Waals surface area (Å²) in [6.45, 7) is 0. The molecular weight excluding hydrogens is 234 g/mol. The molecule has 18 heavy (non-hydrogen) atoms. The highest BCUT2D eigenvalue weighted by Crippen LogP contribution is 2.22. The van der Waals surface area contributed by atoms with E-state index in [-0.39, 0.29) is 5.56 Å². The van der Waals surface area contributed by atoms with Gasteiger partial charge in [0.2, 0.25) is 0 Å². The van der Waals surface area contributed by atoms with Crippen molar-refractivity contribution in [3.8, 4) is 0 Å². The van der Waals surface area contributed by atoms with Crippen LogP contribution in [-0.4, -0.2) is 5.11 Å². The lowest BCUT2D eigenvalue weighted by molar-refractivity contribution is 0.163. The molecule has 0 radical (unpaired) electrons. The van der Waals surface area contributed by atoms with E-state index in [0.29, 0.717) is 12.8 Å². The minimum absolute atomic E-state index is 0.146. The summed E-state index contributed by atoms with van der Waals surface area (Å²) in [5.74, 6) is -1.33. The van der Waals surface area contributed by atoms with Gasteiger partial charge in [-0.15, -0.1) is 0 Å². The maximum absolute atomic E-state index is 13.4. The number of hydrogen-bond donors (Lipinski definition) is 1. The quantitative estimate of drug-likeness (QED) is 0.876. The highest BCUT2D eigenvalue weighted by atomic mass is 19.1. The highest BCUT2D eigenvalue weighted by molar-refractivity contribution is 5.21. The molecular formula is C15H14F2O. The standard InChI is InChI=1S/C15H14F2O/c16-12-7-8-13(14(17)10-12)15(18)9-6-11-4-2-1-3-5-11/h1-5,7-8,10,15,18H,6,9H2. The zero-order chi connectivity index (χ0) is 13.0. The van der Waals surface area contributed by atoms with E-state index < -0.39 is 17.7 Å². The van der Waals surface area contributed by atoms with E-state index in [1.807, 2.05) is 30.3 Å². The first kappa shape index (κ1) is 12.7. The van der Waals surface area contributed by atoms with Crippen molar-refractivity contribution in [3.05, 3.63) is 71.3 Å². The van der Waals surface area contributed by atoms with Crippen LogP contribution in [0.15, 0.2) is 48.5 Å². The molecule has 0 heterocycles. The summed E-state index contributed by atoms with van der Waals surface area (Å²) in [5.41, 5.74) is 1.23. The Hall–Kier alpha value is -1.74. The Bertz CT molecular complexity index is 511. The second-order valence-corrected chi connectivity index (χ2v) is 4.21. The van der Waals surface area contributed by atoms with Crippen molar-refractivity contribution < 1.29 is 13.9 Å². The van der Waals surface area contributed by atoms with E-state index in [0.717, 1.165) is 17.7 Å². The Labute approximate surface area is 105 Å². The van der Waals surface area contributed by atoms with Gasteiger partial charge in [0.05, 0.1) is 6.10 Å². The summed E-state index contributed by atoms with van der Waals surface area (Å²) in [7, 11) is 0. The molecule has 1 atom stereocenters. The summed E-state index contributed by atoms with van der Waals surface area (Å²) < 4.78 is 26.2. The van der Waals surface area contributed by atoms with Crippen molar-refractivity contribution >= 4 is 0 Å².